The van der Waals surface area contributed by atoms with Gasteiger partial charge < -0.3 is 9.73 Å². The third-order valence-corrected chi connectivity index (χ3v) is 5.00. The smallest absolute Gasteiger partial charge is 0.244 e. The van der Waals surface area contributed by atoms with Gasteiger partial charge in [0.2, 0.25) is 10.0 Å². The minimum Gasteiger partial charge on any atom is -0.464 e. The molecule has 0 aliphatic heterocycles. The predicted molar refractivity (Wildman–Crippen MR) is 77.1 cm³/mol. The van der Waals surface area contributed by atoms with Crippen LogP contribution >= 0.6 is 11.3 Å². The number of sulfonamides is 1. The quantitative estimate of drug-likeness (QED) is 0.845. The van der Waals surface area contributed by atoms with Crippen molar-refractivity contribution < 1.29 is 12.8 Å². The third-order valence-electron chi connectivity index (χ3n) is 2.67. The molecule has 110 valence electrons. The SMILES string of the molecule is CNCc1cc(S(=O)(=O)NCc2csc(C)n2)c(C)o1. The van der Waals surface area contributed by atoms with E-state index < -0.39 is 10.0 Å². The maximum absolute atomic E-state index is 12.2. The van der Waals surface area contributed by atoms with Crippen molar-refractivity contribution in [2.45, 2.75) is 31.8 Å². The summed E-state index contributed by atoms with van der Waals surface area (Å²) in [7, 11) is -1.81. The van der Waals surface area contributed by atoms with Crippen LogP contribution in [0.1, 0.15) is 22.2 Å². The molecular weight excluding hydrogens is 298 g/mol. The molecule has 0 atom stereocenters. The second kappa shape index (κ2) is 6.04. The summed E-state index contributed by atoms with van der Waals surface area (Å²) in [5.41, 5.74) is 0.715. The van der Waals surface area contributed by atoms with Crippen molar-refractivity contribution >= 4 is 21.4 Å². The molecule has 0 bridgehead atoms. The van der Waals surface area contributed by atoms with E-state index in [1.165, 1.54) is 11.3 Å². The number of nitrogens with zero attached hydrogens (tertiary/aromatic N) is 1. The van der Waals surface area contributed by atoms with Crippen LogP contribution in [0.15, 0.2) is 20.8 Å². The van der Waals surface area contributed by atoms with Crippen LogP contribution in [-0.2, 0) is 23.1 Å². The Morgan fingerprint density at radius 3 is 2.70 bits per heavy atom. The van der Waals surface area contributed by atoms with Gasteiger partial charge in [-0.2, -0.15) is 0 Å². The fourth-order valence-electron chi connectivity index (χ4n) is 1.79. The van der Waals surface area contributed by atoms with E-state index in [2.05, 4.69) is 15.0 Å². The zero-order chi connectivity index (χ0) is 14.8. The molecule has 0 unspecified atom stereocenters. The summed E-state index contributed by atoms with van der Waals surface area (Å²) in [4.78, 5) is 4.40. The molecule has 0 radical (unpaired) electrons. The number of aromatic nitrogens is 1. The molecule has 0 saturated carbocycles. The Balaban J connectivity index is 2.13. The minimum absolute atomic E-state index is 0.176. The van der Waals surface area contributed by atoms with Crippen molar-refractivity contribution in [1.29, 1.82) is 0 Å². The summed E-state index contributed by atoms with van der Waals surface area (Å²) < 4.78 is 32.4. The van der Waals surface area contributed by atoms with E-state index in [1.807, 2.05) is 12.3 Å². The summed E-state index contributed by atoms with van der Waals surface area (Å²) in [6.07, 6.45) is 0. The second-order valence-electron chi connectivity index (χ2n) is 4.35. The molecule has 2 heterocycles. The molecule has 0 aromatic carbocycles. The zero-order valence-corrected chi connectivity index (χ0v) is 13.2. The van der Waals surface area contributed by atoms with E-state index in [9.17, 15) is 8.42 Å². The van der Waals surface area contributed by atoms with Gasteiger partial charge >= 0.3 is 0 Å². The maximum Gasteiger partial charge on any atom is 0.244 e. The molecule has 8 heteroatoms. The van der Waals surface area contributed by atoms with E-state index in [1.54, 1.807) is 20.0 Å². The fraction of sp³-hybridized carbons (Fsp3) is 0.417. The first-order valence-corrected chi connectivity index (χ1v) is 8.43. The normalized spacial score (nSPS) is 11.9. The van der Waals surface area contributed by atoms with E-state index in [0.717, 1.165) is 5.01 Å². The van der Waals surface area contributed by atoms with Crippen molar-refractivity contribution in [3.05, 3.63) is 33.7 Å². The van der Waals surface area contributed by atoms with Crippen molar-refractivity contribution in [3.8, 4) is 0 Å². The lowest BCUT2D eigenvalue weighted by Crippen LogP contribution is -2.23. The average molecular weight is 315 g/mol. The number of thiazole rings is 1. The summed E-state index contributed by atoms with van der Waals surface area (Å²) >= 11 is 1.49. The first-order valence-electron chi connectivity index (χ1n) is 6.07. The highest BCUT2D eigenvalue weighted by Gasteiger charge is 2.21. The summed E-state index contributed by atoms with van der Waals surface area (Å²) in [5.74, 6) is 0.979. The Labute approximate surface area is 122 Å². The zero-order valence-electron chi connectivity index (χ0n) is 11.6. The average Bonchev–Trinajstić information content (AvgIpc) is 2.94. The lowest BCUT2D eigenvalue weighted by atomic mass is 10.4. The van der Waals surface area contributed by atoms with Crippen molar-refractivity contribution in [3.63, 3.8) is 0 Å². The van der Waals surface area contributed by atoms with Gasteiger partial charge in [-0.15, -0.1) is 11.3 Å². The van der Waals surface area contributed by atoms with Gasteiger partial charge in [-0.1, -0.05) is 0 Å². The van der Waals surface area contributed by atoms with Gasteiger partial charge in [0.15, 0.2) is 0 Å². The first kappa shape index (κ1) is 15.2. The van der Waals surface area contributed by atoms with Gasteiger partial charge in [0.25, 0.3) is 0 Å². The van der Waals surface area contributed by atoms with Gasteiger partial charge in [0, 0.05) is 11.4 Å². The fourth-order valence-corrected chi connectivity index (χ4v) is 3.60. The number of furan rings is 1. The standard InChI is InChI=1S/C12H17N3O3S2/c1-8-12(4-11(18-8)6-13-3)20(16,17)14-5-10-7-19-9(2)15-10/h4,7,13-14H,5-6H2,1-3H3. The van der Waals surface area contributed by atoms with Crippen LogP contribution in [0, 0.1) is 13.8 Å². The van der Waals surface area contributed by atoms with Crippen LogP contribution in [-0.4, -0.2) is 20.4 Å². The van der Waals surface area contributed by atoms with Gasteiger partial charge in [-0.05, 0) is 20.9 Å². The molecule has 0 aliphatic carbocycles. The molecule has 20 heavy (non-hydrogen) atoms. The first-order chi connectivity index (χ1) is 9.42. The van der Waals surface area contributed by atoms with Crippen LogP contribution in [0.5, 0.6) is 0 Å². The van der Waals surface area contributed by atoms with Crippen LogP contribution in [0.25, 0.3) is 0 Å². The molecule has 0 amide bonds. The van der Waals surface area contributed by atoms with Gasteiger partial charge in [-0.3, -0.25) is 0 Å². The van der Waals surface area contributed by atoms with Gasteiger partial charge in [0.05, 0.1) is 23.8 Å². The van der Waals surface area contributed by atoms with Crippen LogP contribution < -0.4 is 10.0 Å². The Morgan fingerprint density at radius 2 is 2.10 bits per heavy atom. The summed E-state index contributed by atoms with van der Waals surface area (Å²) in [5, 5.41) is 5.67. The Morgan fingerprint density at radius 1 is 1.35 bits per heavy atom. The Bertz CT molecular complexity index is 689. The topological polar surface area (TPSA) is 84.2 Å². The highest BCUT2D eigenvalue weighted by molar-refractivity contribution is 7.89. The van der Waals surface area contributed by atoms with E-state index >= 15 is 0 Å². The largest absolute Gasteiger partial charge is 0.464 e. The van der Waals surface area contributed by atoms with E-state index in [4.69, 9.17) is 4.42 Å². The monoisotopic (exact) mass is 315 g/mol. The molecular formula is C12H17N3O3S2. The minimum atomic E-state index is -3.58. The highest BCUT2D eigenvalue weighted by atomic mass is 32.2. The van der Waals surface area contributed by atoms with Gasteiger partial charge in [-0.25, -0.2) is 18.1 Å². The molecule has 0 fully saturated rings. The number of hydrogen-bond acceptors (Lipinski definition) is 6. The molecule has 0 aliphatic rings. The highest BCUT2D eigenvalue weighted by Crippen LogP contribution is 2.20. The molecule has 2 aromatic rings. The van der Waals surface area contributed by atoms with Crippen LogP contribution in [0.4, 0.5) is 0 Å². The second-order valence-corrected chi connectivity index (χ2v) is 7.14. The van der Waals surface area contributed by atoms with Crippen molar-refractivity contribution in [1.82, 2.24) is 15.0 Å². The lowest BCUT2D eigenvalue weighted by Gasteiger charge is -2.03. The third kappa shape index (κ3) is 3.45. The van der Waals surface area contributed by atoms with E-state index in [0.29, 0.717) is 23.8 Å². The molecule has 2 rings (SSSR count). The molecule has 6 nitrogen and oxygen atoms in total. The molecule has 2 N–H and O–H groups in total. The Kier molecular flexibility index (Phi) is 4.59. The number of aryl methyl sites for hydroxylation is 2. The maximum atomic E-state index is 12.2. The van der Waals surface area contributed by atoms with Crippen molar-refractivity contribution in [2.75, 3.05) is 7.05 Å². The van der Waals surface area contributed by atoms with Crippen LogP contribution in [0.3, 0.4) is 0 Å². The predicted octanol–water partition coefficient (Wildman–Crippen LogP) is 1.55. The summed E-state index contributed by atoms with van der Waals surface area (Å²) in [6, 6.07) is 1.54. The van der Waals surface area contributed by atoms with Crippen molar-refractivity contribution in [2.24, 2.45) is 0 Å². The van der Waals surface area contributed by atoms with E-state index in [-0.39, 0.29) is 11.4 Å². The lowest BCUT2D eigenvalue weighted by molar-refractivity contribution is 0.465. The van der Waals surface area contributed by atoms with Crippen LogP contribution in [0.2, 0.25) is 0 Å². The molecule has 2 aromatic heterocycles. The number of hydrogen-bond donors (Lipinski definition) is 2. The number of rotatable bonds is 6. The summed E-state index contributed by atoms with van der Waals surface area (Å²) in [6.45, 7) is 4.19. The molecule has 0 spiro atoms. The van der Waals surface area contributed by atoms with Gasteiger partial charge in [0.1, 0.15) is 16.4 Å². The molecule has 0 saturated heterocycles. The Hall–Kier alpha value is -1.22. The number of nitrogens with one attached hydrogen (secondary N) is 2.